The third-order valence-electron chi connectivity index (χ3n) is 2.07. The Bertz CT molecular complexity index is 326. The van der Waals surface area contributed by atoms with E-state index in [0.717, 1.165) is 15.9 Å². The zero-order valence-electron chi connectivity index (χ0n) is 8.22. The molecule has 2 rings (SSSR count). The highest BCUT2D eigenvalue weighted by Crippen LogP contribution is 2.33. The normalized spacial score (nSPS) is 20.8. The second-order valence-electron chi connectivity index (χ2n) is 3.30. The van der Waals surface area contributed by atoms with Gasteiger partial charge < -0.3 is 4.74 Å². The van der Waals surface area contributed by atoms with Crippen LogP contribution in [0.25, 0.3) is 0 Å². The van der Waals surface area contributed by atoms with Gasteiger partial charge >= 0.3 is 0 Å². The number of hydrogen-bond acceptors (Lipinski definition) is 4. The summed E-state index contributed by atoms with van der Waals surface area (Å²) in [5.74, 6) is 1.10. The molecule has 1 saturated heterocycles. The third-order valence-corrected chi connectivity index (χ3v) is 5.19. The van der Waals surface area contributed by atoms with Crippen LogP contribution in [0.1, 0.15) is 5.56 Å². The van der Waals surface area contributed by atoms with Gasteiger partial charge in [-0.15, -0.1) is 23.5 Å². The van der Waals surface area contributed by atoms with Crippen LogP contribution in [0.2, 0.25) is 0 Å². The van der Waals surface area contributed by atoms with Gasteiger partial charge in [0.2, 0.25) is 0 Å². The van der Waals surface area contributed by atoms with Crippen molar-refractivity contribution in [3.63, 3.8) is 0 Å². The van der Waals surface area contributed by atoms with Gasteiger partial charge in [0.15, 0.2) is 0 Å². The molecular weight excluding hydrogens is 244 g/mol. The molecule has 1 aromatic carbocycles. The molecule has 15 heavy (non-hydrogen) atoms. The second-order valence-corrected chi connectivity index (χ2v) is 6.83. The summed E-state index contributed by atoms with van der Waals surface area (Å²) in [5.41, 5.74) is 1.23. The molecule has 0 radical (unpaired) electrons. The quantitative estimate of drug-likeness (QED) is 0.764. The van der Waals surface area contributed by atoms with E-state index in [-0.39, 0.29) is 0 Å². The summed E-state index contributed by atoms with van der Waals surface area (Å²) in [4.78, 5) is 0. The Morgan fingerprint density at radius 3 is 2.80 bits per heavy atom. The van der Waals surface area contributed by atoms with Gasteiger partial charge in [-0.2, -0.15) is 0 Å². The molecule has 1 heterocycles. The Morgan fingerprint density at radius 2 is 2.13 bits per heavy atom. The molecular formula is C11H12OS3. The molecule has 0 saturated carbocycles. The molecule has 1 atom stereocenters. The second kappa shape index (κ2) is 5.89. The van der Waals surface area contributed by atoms with Gasteiger partial charge in [0.05, 0.1) is 13.2 Å². The molecule has 1 aliphatic heterocycles. The van der Waals surface area contributed by atoms with Crippen LogP contribution >= 0.6 is 35.7 Å². The minimum absolute atomic E-state index is 0.547. The van der Waals surface area contributed by atoms with E-state index >= 15 is 0 Å². The van der Waals surface area contributed by atoms with Crippen LogP contribution in [0.3, 0.4) is 0 Å². The van der Waals surface area contributed by atoms with E-state index < -0.39 is 0 Å². The van der Waals surface area contributed by atoms with Gasteiger partial charge in [0.1, 0.15) is 3.53 Å². The van der Waals surface area contributed by atoms with Crippen molar-refractivity contribution < 1.29 is 4.74 Å². The summed E-state index contributed by atoms with van der Waals surface area (Å²) >= 11 is 8.65. The van der Waals surface area contributed by atoms with E-state index in [1.54, 1.807) is 23.5 Å². The van der Waals surface area contributed by atoms with Crippen LogP contribution in [-0.4, -0.2) is 21.1 Å². The van der Waals surface area contributed by atoms with E-state index in [0.29, 0.717) is 11.9 Å². The molecule has 0 spiro atoms. The number of benzene rings is 1. The number of ether oxygens (including phenoxy) is 1. The van der Waals surface area contributed by atoms with Gasteiger partial charge in [0, 0.05) is 11.0 Å². The van der Waals surface area contributed by atoms with Gasteiger partial charge in [-0.05, 0) is 5.56 Å². The Balaban J connectivity index is 1.69. The lowest BCUT2D eigenvalue weighted by Gasteiger charge is -2.08. The highest BCUT2D eigenvalue weighted by molar-refractivity contribution is 8.49. The first-order valence-electron chi connectivity index (χ1n) is 4.79. The topological polar surface area (TPSA) is 9.23 Å². The van der Waals surface area contributed by atoms with Gasteiger partial charge in [0.25, 0.3) is 0 Å². The molecule has 4 heteroatoms. The Labute approximate surface area is 104 Å². The molecule has 0 amide bonds. The summed E-state index contributed by atoms with van der Waals surface area (Å²) < 4.78 is 6.72. The molecule has 1 fully saturated rings. The van der Waals surface area contributed by atoms with E-state index in [4.69, 9.17) is 17.0 Å². The molecule has 0 aliphatic carbocycles. The van der Waals surface area contributed by atoms with Crippen molar-refractivity contribution in [3.8, 4) is 0 Å². The summed E-state index contributed by atoms with van der Waals surface area (Å²) in [6.45, 7) is 1.50. The van der Waals surface area contributed by atoms with Gasteiger partial charge in [-0.1, -0.05) is 42.5 Å². The highest BCUT2D eigenvalue weighted by atomic mass is 32.2. The monoisotopic (exact) mass is 256 g/mol. The number of hydrogen-bond donors (Lipinski definition) is 0. The maximum atomic E-state index is 5.66. The van der Waals surface area contributed by atoms with Crippen LogP contribution < -0.4 is 0 Å². The summed E-state index contributed by atoms with van der Waals surface area (Å²) in [6, 6.07) is 10.3. The lowest BCUT2D eigenvalue weighted by atomic mass is 10.2. The van der Waals surface area contributed by atoms with Crippen LogP contribution in [-0.2, 0) is 11.3 Å². The predicted octanol–water partition coefficient (Wildman–Crippen LogP) is 3.34. The van der Waals surface area contributed by atoms with Crippen molar-refractivity contribution in [2.24, 2.45) is 0 Å². The van der Waals surface area contributed by atoms with E-state index in [9.17, 15) is 0 Å². The maximum Gasteiger partial charge on any atom is 0.104 e. The van der Waals surface area contributed by atoms with Crippen molar-refractivity contribution >= 4 is 39.3 Å². The van der Waals surface area contributed by atoms with Crippen molar-refractivity contribution in [3.05, 3.63) is 35.9 Å². The van der Waals surface area contributed by atoms with Crippen LogP contribution in [0, 0.1) is 0 Å². The molecule has 1 aliphatic rings. The van der Waals surface area contributed by atoms with Crippen molar-refractivity contribution in [1.29, 1.82) is 0 Å². The standard InChI is InChI=1S/C11H12OS3/c13-11-14-8-10(15-11)7-12-6-9-4-2-1-3-5-9/h1-5,10H,6-8H2/t10-/m1/s1. The smallest absolute Gasteiger partial charge is 0.104 e. The third kappa shape index (κ3) is 3.79. The molecule has 0 N–H and O–H groups in total. The first kappa shape index (κ1) is 11.5. The van der Waals surface area contributed by atoms with E-state index in [2.05, 4.69) is 12.1 Å². The average molecular weight is 256 g/mol. The largest absolute Gasteiger partial charge is 0.376 e. The Hall–Kier alpha value is -0.0300. The van der Waals surface area contributed by atoms with Gasteiger partial charge in [-0.3, -0.25) is 0 Å². The fourth-order valence-electron chi connectivity index (χ4n) is 1.33. The van der Waals surface area contributed by atoms with E-state index in [1.165, 1.54) is 5.56 Å². The molecule has 80 valence electrons. The van der Waals surface area contributed by atoms with Gasteiger partial charge in [-0.25, -0.2) is 0 Å². The first-order chi connectivity index (χ1) is 7.34. The highest BCUT2D eigenvalue weighted by Gasteiger charge is 2.20. The van der Waals surface area contributed by atoms with Crippen molar-refractivity contribution in [2.75, 3.05) is 12.4 Å². The Morgan fingerprint density at radius 1 is 1.33 bits per heavy atom. The maximum absolute atomic E-state index is 5.66. The minimum Gasteiger partial charge on any atom is -0.376 e. The van der Waals surface area contributed by atoms with Crippen LogP contribution in [0.5, 0.6) is 0 Å². The van der Waals surface area contributed by atoms with Crippen LogP contribution in [0.15, 0.2) is 30.3 Å². The summed E-state index contributed by atoms with van der Waals surface area (Å²) in [6.07, 6.45) is 0. The fraction of sp³-hybridized carbons (Fsp3) is 0.364. The Kier molecular flexibility index (Phi) is 4.50. The summed E-state index contributed by atoms with van der Waals surface area (Å²) in [5, 5.41) is 0.547. The van der Waals surface area contributed by atoms with Crippen molar-refractivity contribution in [1.82, 2.24) is 0 Å². The number of thiocarbonyl (C=S) groups is 1. The minimum atomic E-state index is 0.547. The zero-order chi connectivity index (χ0) is 10.5. The number of thioether (sulfide) groups is 2. The lowest BCUT2D eigenvalue weighted by Crippen LogP contribution is -2.11. The fourth-order valence-corrected chi connectivity index (χ4v) is 4.16. The van der Waals surface area contributed by atoms with Crippen molar-refractivity contribution in [2.45, 2.75) is 11.9 Å². The zero-order valence-corrected chi connectivity index (χ0v) is 10.7. The molecule has 0 bridgehead atoms. The molecule has 0 aromatic heterocycles. The SMILES string of the molecule is S=C1SC[C@@H](COCc2ccccc2)S1. The average Bonchev–Trinajstić information content (AvgIpc) is 2.66. The molecule has 0 unspecified atom stereocenters. The summed E-state index contributed by atoms with van der Waals surface area (Å²) in [7, 11) is 0. The molecule has 1 nitrogen and oxygen atoms in total. The molecule has 1 aromatic rings. The lowest BCUT2D eigenvalue weighted by molar-refractivity contribution is 0.125. The van der Waals surface area contributed by atoms with Crippen LogP contribution in [0.4, 0.5) is 0 Å². The number of rotatable bonds is 4. The predicted molar refractivity (Wildman–Crippen MR) is 72.5 cm³/mol. The first-order valence-corrected chi connectivity index (χ1v) is 7.07. The van der Waals surface area contributed by atoms with E-state index in [1.807, 2.05) is 18.2 Å².